The third-order valence-electron chi connectivity index (χ3n) is 5.76. The van der Waals surface area contributed by atoms with Crippen molar-refractivity contribution in [2.24, 2.45) is 5.92 Å². The van der Waals surface area contributed by atoms with Gasteiger partial charge in [-0.05, 0) is 44.4 Å². The van der Waals surface area contributed by atoms with Gasteiger partial charge in [-0.1, -0.05) is 0 Å². The van der Waals surface area contributed by atoms with E-state index in [0.29, 0.717) is 12.1 Å². The van der Waals surface area contributed by atoms with Crippen molar-refractivity contribution in [3.8, 4) is 0 Å². The maximum absolute atomic E-state index is 6.20. The van der Waals surface area contributed by atoms with Crippen LogP contribution in [0.1, 0.15) is 43.4 Å². The largest absolute Gasteiger partial charge is 0.378 e. The summed E-state index contributed by atoms with van der Waals surface area (Å²) in [5.41, 5.74) is 1.99. The average Bonchev–Trinajstić information content (AvgIpc) is 3.11. The number of fused-ring (bicyclic) bond motifs is 1. The lowest BCUT2D eigenvalue weighted by Crippen LogP contribution is -2.51. The van der Waals surface area contributed by atoms with Gasteiger partial charge in [0, 0.05) is 43.9 Å². The molecule has 3 atom stereocenters. The summed E-state index contributed by atoms with van der Waals surface area (Å²) in [6, 6.07) is 0.498. The van der Waals surface area contributed by atoms with Crippen molar-refractivity contribution in [3.63, 3.8) is 0 Å². The number of rotatable bonds is 6. The topological polar surface area (TPSA) is 34.6 Å². The summed E-state index contributed by atoms with van der Waals surface area (Å²) >= 11 is 1.75. The fourth-order valence-corrected chi connectivity index (χ4v) is 4.79. The predicted molar refractivity (Wildman–Crippen MR) is 87.0 cm³/mol. The molecule has 22 heavy (non-hydrogen) atoms. The van der Waals surface area contributed by atoms with Crippen molar-refractivity contribution in [2.45, 2.75) is 62.8 Å². The second-order valence-electron chi connectivity index (χ2n) is 7.15. The average molecular weight is 322 g/mol. The van der Waals surface area contributed by atoms with Crippen molar-refractivity contribution < 1.29 is 9.47 Å². The first-order valence-electron chi connectivity index (χ1n) is 8.57. The normalized spacial score (nSPS) is 35.7. The Hall–Kier alpha value is -0.490. The molecule has 3 fully saturated rings. The molecule has 3 unspecified atom stereocenters. The zero-order chi connectivity index (χ0) is 15.0. The Morgan fingerprint density at radius 1 is 1.36 bits per heavy atom. The maximum atomic E-state index is 6.20. The third-order valence-corrected chi connectivity index (χ3v) is 6.52. The van der Waals surface area contributed by atoms with E-state index in [-0.39, 0.29) is 5.60 Å². The number of nitrogens with zero attached hydrogens (tertiary/aromatic N) is 2. The molecule has 0 aromatic carbocycles. The quantitative estimate of drug-likeness (QED) is 0.806. The van der Waals surface area contributed by atoms with E-state index in [2.05, 4.69) is 9.88 Å². The van der Waals surface area contributed by atoms with Crippen LogP contribution < -0.4 is 0 Å². The van der Waals surface area contributed by atoms with E-state index in [1.54, 1.807) is 11.3 Å². The molecule has 0 N–H and O–H groups in total. The van der Waals surface area contributed by atoms with Gasteiger partial charge in [0.25, 0.3) is 0 Å². The highest BCUT2D eigenvalue weighted by molar-refractivity contribution is 7.09. The van der Waals surface area contributed by atoms with Gasteiger partial charge in [0.2, 0.25) is 0 Å². The summed E-state index contributed by atoms with van der Waals surface area (Å²) in [6.07, 6.45) is 9.75. The van der Waals surface area contributed by atoms with Crippen LogP contribution in [-0.2, 0) is 16.0 Å². The molecule has 2 saturated carbocycles. The molecule has 2 aliphatic carbocycles. The minimum absolute atomic E-state index is 0.0597. The Balaban J connectivity index is 1.42. The molecule has 0 amide bonds. The molecule has 1 aromatic rings. The van der Waals surface area contributed by atoms with Crippen LogP contribution in [0.2, 0.25) is 0 Å². The van der Waals surface area contributed by atoms with Crippen LogP contribution in [-0.4, -0.2) is 47.9 Å². The molecule has 1 aromatic heterocycles. The van der Waals surface area contributed by atoms with Crippen LogP contribution in [0.4, 0.5) is 0 Å². The zero-order valence-corrected chi connectivity index (χ0v) is 14.2. The minimum Gasteiger partial charge on any atom is -0.378 e. The SMILES string of the molecule is COC12CCC(OCC3CC3)CC1N(Cc1cncs1)CC2. The Morgan fingerprint density at radius 3 is 3.00 bits per heavy atom. The first-order valence-corrected chi connectivity index (χ1v) is 9.45. The number of hydrogen-bond acceptors (Lipinski definition) is 5. The molecule has 4 rings (SSSR count). The summed E-state index contributed by atoms with van der Waals surface area (Å²) in [5, 5.41) is 0. The van der Waals surface area contributed by atoms with Crippen LogP contribution >= 0.6 is 11.3 Å². The number of likely N-dealkylation sites (tertiary alicyclic amines) is 1. The molecule has 0 spiro atoms. The summed E-state index contributed by atoms with van der Waals surface area (Å²) in [7, 11) is 1.90. The van der Waals surface area contributed by atoms with E-state index < -0.39 is 0 Å². The second kappa shape index (κ2) is 6.19. The molecular formula is C17H26N2O2S. The van der Waals surface area contributed by atoms with E-state index in [1.165, 1.54) is 17.7 Å². The van der Waals surface area contributed by atoms with Gasteiger partial charge in [0.1, 0.15) is 0 Å². The second-order valence-corrected chi connectivity index (χ2v) is 8.12. The van der Waals surface area contributed by atoms with Gasteiger partial charge in [-0.2, -0.15) is 0 Å². The number of methoxy groups -OCH3 is 1. The molecule has 1 aliphatic heterocycles. The molecule has 0 bridgehead atoms. The highest BCUT2D eigenvalue weighted by atomic mass is 32.1. The summed E-state index contributed by atoms with van der Waals surface area (Å²) in [6.45, 7) is 3.12. The van der Waals surface area contributed by atoms with Gasteiger partial charge >= 0.3 is 0 Å². The summed E-state index contributed by atoms with van der Waals surface area (Å²) in [5.74, 6) is 0.853. The van der Waals surface area contributed by atoms with Crippen molar-refractivity contribution in [2.75, 3.05) is 20.3 Å². The molecule has 5 heteroatoms. The molecule has 0 radical (unpaired) electrons. The Labute approximate surface area is 136 Å². The first-order chi connectivity index (χ1) is 10.8. The monoisotopic (exact) mass is 322 g/mol. The first kappa shape index (κ1) is 15.1. The number of thiazole rings is 1. The summed E-state index contributed by atoms with van der Waals surface area (Å²) < 4.78 is 12.2. The van der Waals surface area contributed by atoms with Gasteiger partial charge in [-0.25, -0.2) is 0 Å². The molecule has 4 nitrogen and oxygen atoms in total. The van der Waals surface area contributed by atoms with Crippen LogP contribution in [0, 0.1) is 5.92 Å². The molecule has 2 heterocycles. The van der Waals surface area contributed by atoms with Gasteiger partial charge in [-0.15, -0.1) is 11.3 Å². The van der Waals surface area contributed by atoms with Crippen LogP contribution in [0.15, 0.2) is 11.7 Å². The van der Waals surface area contributed by atoms with E-state index in [0.717, 1.165) is 51.3 Å². The van der Waals surface area contributed by atoms with E-state index in [4.69, 9.17) is 9.47 Å². The Bertz CT molecular complexity index is 491. The number of ether oxygens (including phenoxy) is 2. The Morgan fingerprint density at radius 2 is 2.27 bits per heavy atom. The Kier molecular flexibility index (Phi) is 4.24. The van der Waals surface area contributed by atoms with E-state index in [1.807, 2.05) is 18.8 Å². The van der Waals surface area contributed by atoms with Crippen molar-refractivity contribution >= 4 is 11.3 Å². The fourth-order valence-electron chi connectivity index (χ4n) is 4.17. The van der Waals surface area contributed by atoms with Gasteiger partial charge in [-0.3, -0.25) is 9.88 Å². The van der Waals surface area contributed by atoms with Gasteiger partial charge < -0.3 is 9.47 Å². The maximum Gasteiger partial charge on any atom is 0.0847 e. The lowest BCUT2D eigenvalue weighted by atomic mass is 9.79. The van der Waals surface area contributed by atoms with E-state index >= 15 is 0 Å². The van der Waals surface area contributed by atoms with Crippen LogP contribution in [0.3, 0.4) is 0 Å². The standard InChI is InChI=1S/C17H26N2O2S/c1-20-17-5-4-14(21-11-13-2-3-13)8-16(17)19(7-6-17)10-15-9-18-12-22-15/h9,12-14,16H,2-8,10-11H2,1H3. The van der Waals surface area contributed by atoms with Crippen LogP contribution in [0.25, 0.3) is 0 Å². The highest BCUT2D eigenvalue weighted by Crippen LogP contribution is 2.44. The molecule has 1 saturated heterocycles. The van der Waals surface area contributed by atoms with Gasteiger partial charge in [0.05, 0.1) is 17.2 Å². The molecule has 122 valence electrons. The molecule has 3 aliphatic rings. The van der Waals surface area contributed by atoms with Crippen molar-refractivity contribution in [3.05, 3.63) is 16.6 Å². The summed E-state index contributed by atoms with van der Waals surface area (Å²) in [4.78, 5) is 8.17. The smallest absolute Gasteiger partial charge is 0.0847 e. The zero-order valence-electron chi connectivity index (χ0n) is 13.4. The van der Waals surface area contributed by atoms with Crippen LogP contribution in [0.5, 0.6) is 0 Å². The van der Waals surface area contributed by atoms with Gasteiger partial charge in [0.15, 0.2) is 0 Å². The fraction of sp³-hybridized carbons (Fsp3) is 0.824. The number of aromatic nitrogens is 1. The lowest BCUT2D eigenvalue weighted by Gasteiger charge is -2.43. The molecular weight excluding hydrogens is 296 g/mol. The predicted octanol–water partition coefficient (Wildman–Crippen LogP) is 3.08. The minimum atomic E-state index is 0.0597. The van der Waals surface area contributed by atoms with E-state index in [9.17, 15) is 0 Å². The highest BCUT2D eigenvalue weighted by Gasteiger charge is 2.51. The van der Waals surface area contributed by atoms with Crippen molar-refractivity contribution in [1.29, 1.82) is 0 Å². The lowest BCUT2D eigenvalue weighted by molar-refractivity contribution is -0.103. The van der Waals surface area contributed by atoms with Crippen molar-refractivity contribution in [1.82, 2.24) is 9.88 Å². The third kappa shape index (κ3) is 2.96. The number of hydrogen-bond donors (Lipinski definition) is 0.